The monoisotopic (exact) mass is 540 g/mol. The molecule has 0 bridgehead atoms. The number of benzene rings is 3. The summed E-state index contributed by atoms with van der Waals surface area (Å²) in [6.45, 7) is 1.92. The Morgan fingerprint density at radius 3 is 2.00 bits per heavy atom. The fourth-order valence-electron chi connectivity index (χ4n) is 3.72. The molecule has 38 heavy (non-hydrogen) atoms. The van der Waals surface area contributed by atoms with Crippen LogP contribution in [0.15, 0.2) is 102 Å². The first-order valence-corrected chi connectivity index (χ1v) is 13.0. The van der Waals surface area contributed by atoms with Crippen molar-refractivity contribution in [3.63, 3.8) is 0 Å². The van der Waals surface area contributed by atoms with Crippen LogP contribution in [0.5, 0.6) is 0 Å². The van der Waals surface area contributed by atoms with Crippen molar-refractivity contribution >= 4 is 21.8 Å². The molecule has 0 aliphatic heterocycles. The molecular weight excluding hydrogens is 517 g/mol. The standard InChI is InChI=1S/C28H23F3N2O4S/c1-2-37-27(34)23-12-10-22(11-13-23)21-8-6-20(7-9-21)19-33(26-5-3-4-18-32-26)38(35,36)25-16-14-24(15-17-25)28(29,30)31/h3-18H,2,19H2,1H3. The number of rotatable bonds is 8. The predicted molar refractivity (Wildman–Crippen MR) is 137 cm³/mol. The number of halogens is 3. The van der Waals surface area contributed by atoms with E-state index in [0.29, 0.717) is 11.1 Å². The molecule has 3 aromatic carbocycles. The van der Waals surface area contributed by atoms with Crippen LogP contribution < -0.4 is 4.31 Å². The van der Waals surface area contributed by atoms with Gasteiger partial charge in [-0.1, -0.05) is 42.5 Å². The molecule has 1 heterocycles. The lowest BCUT2D eigenvalue weighted by molar-refractivity contribution is -0.137. The Bertz CT molecular complexity index is 1490. The molecule has 6 nitrogen and oxygen atoms in total. The van der Waals surface area contributed by atoms with Crippen molar-refractivity contribution in [2.24, 2.45) is 0 Å². The molecular formula is C28H23F3N2O4S. The highest BCUT2D eigenvalue weighted by molar-refractivity contribution is 7.92. The summed E-state index contributed by atoms with van der Waals surface area (Å²) in [6, 6.07) is 22.2. The molecule has 0 aliphatic carbocycles. The minimum absolute atomic E-state index is 0.0948. The molecule has 4 rings (SSSR count). The summed E-state index contributed by atoms with van der Waals surface area (Å²) < 4.78 is 72.0. The minimum Gasteiger partial charge on any atom is -0.462 e. The Hall–Kier alpha value is -4.18. The second kappa shape index (κ2) is 11.1. The topological polar surface area (TPSA) is 76.6 Å². The van der Waals surface area contributed by atoms with Crippen molar-refractivity contribution in [1.82, 2.24) is 4.98 Å². The SMILES string of the molecule is CCOC(=O)c1ccc(-c2ccc(CN(c3ccccn3)S(=O)(=O)c3ccc(C(F)(F)F)cc3)cc2)cc1. The third-order valence-electron chi connectivity index (χ3n) is 5.68. The molecule has 0 atom stereocenters. The number of ether oxygens (including phenoxy) is 1. The van der Waals surface area contributed by atoms with E-state index >= 15 is 0 Å². The number of carbonyl (C=O) groups excluding carboxylic acids is 1. The second-order valence-electron chi connectivity index (χ2n) is 8.22. The lowest BCUT2D eigenvalue weighted by Gasteiger charge is -2.24. The average Bonchev–Trinajstić information content (AvgIpc) is 2.92. The van der Waals surface area contributed by atoms with Gasteiger partial charge in [0.2, 0.25) is 0 Å². The van der Waals surface area contributed by atoms with E-state index < -0.39 is 27.7 Å². The van der Waals surface area contributed by atoms with Gasteiger partial charge in [-0.3, -0.25) is 0 Å². The van der Waals surface area contributed by atoms with Crippen molar-refractivity contribution in [3.8, 4) is 11.1 Å². The van der Waals surface area contributed by atoms with Crippen LogP contribution in [0.25, 0.3) is 11.1 Å². The van der Waals surface area contributed by atoms with Crippen LogP contribution >= 0.6 is 0 Å². The summed E-state index contributed by atoms with van der Waals surface area (Å²) in [7, 11) is -4.23. The first-order valence-electron chi connectivity index (χ1n) is 11.6. The maximum absolute atomic E-state index is 13.5. The zero-order valence-corrected chi connectivity index (χ0v) is 21.0. The molecule has 1 aromatic heterocycles. The molecule has 0 spiro atoms. The van der Waals surface area contributed by atoms with Gasteiger partial charge >= 0.3 is 12.1 Å². The fraction of sp³-hybridized carbons (Fsp3) is 0.143. The average molecular weight is 541 g/mol. The number of hydrogen-bond donors (Lipinski definition) is 0. The van der Waals surface area contributed by atoms with Crippen molar-refractivity contribution < 1.29 is 31.1 Å². The van der Waals surface area contributed by atoms with Crippen LogP contribution in [-0.4, -0.2) is 26.0 Å². The zero-order valence-electron chi connectivity index (χ0n) is 20.2. The van der Waals surface area contributed by atoms with Gasteiger partial charge in [-0.2, -0.15) is 13.2 Å². The van der Waals surface area contributed by atoms with E-state index in [2.05, 4.69) is 4.98 Å². The first kappa shape index (κ1) is 26.9. The summed E-state index contributed by atoms with van der Waals surface area (Å²) >= 11 is 0. The van der Waals surface area contributed by atoms with Gasteiger partial charge in [-0.15, -0.1) is 0 Å². The van der Waals surface area contributed by atoms with Gasteiger partial charge in [-0.25, -0.2) is 22.5 Å². The van der Waals surface area contributed by atoms with Crippen LogP contribution in [0.3, 0.4) is 0 Å². The molecule has 0 saturated carbocycles. The molecule has 0 amide bonds. The molecule has 196 valence electrons. The Kier molecular flexibility index (Phi) is 7.82. The Morgan fingerprint density at radius 1 is 0.868 bits per heavy atom. The van der Waals surface area contributed by atoms with E-state index in [1.807, 2.05) is 12.1 Å². The first-order chi connectivity index (χ1) is 18.1. The maximum atomic E-state index is 13.5. The Labute approximate surface area is 218 Å². The fourth-order valence-corrected chi connectivity index (χ4v) is 5.12. The molecule has 0 saturated heterocycles. The van der Waals surface area contributed by atoms with E-state index in [1.165, 1.54) is 12.3 Å². The lowest BCUT2D eigenvalue weighted by Crippen LogP contribution is -2.31. The predicted octanol–water partition coefficient (Wildman–Crippen LogP) is 6.34. The van der Waals surface area contributed by atoms with Gasteiger partial charge in [-0.05, 0) is 72.1 Å². The minimum atomic E-state index is -4.58. The Morgan fingerprint density at radius 2 is 1.47 bits per heavy atom. The summed E-state index contributed by atoms with van der Waals surface area (Å²) in [6.07, 6.45) is -3.14. The number of nitrogens with zero attached hydrogens (tertiary/aromatic N) is 2. The number of pyridine rings is 1. The Balaban J connectivity index is 1.60. The molecule has 0 fully saturated rings. The third-order valence-corrected chi connectivity index (χ3v) is 7.45. The van der Waals surface area contributed by atoms with E-state index in [-0.39, 0.29) is 23.9 Å². The van der Waals surface area contributed by atoms with Crippen molar-refractivity contribution in [1.29, 1.82) is 0 Å². The van der Waals surface area contributed by atoms with Crippen molar-refractivity contribution in [2.45, 2.75) is 24.5 Å². The summed E-state index contributed by atoms with van der Waals surface area (Å²) in [4.78, 5) is 15.7. The number of sulfonamides is 1. The quantitative estimate of drug-likeness (QED) is 0.244. The number of aromatic nitrogens is 1. The molecule has 0 aliphatic rings. The normalized spacial score (nSPS) is 11.7. The number of anilines is 1. The molecule has 0 N–H and O–H groups in total. The third kappa shape index (κ3) is 6.03. The van der Waals surface area contributed by atoms with Gasteiger partial charge in [0.05, 0.1) is 29.2 Å². The van der Waals surface area contributed by atoms with Crippen molar-refractivity contribution in [3.05, 3.63) is 114 Å². The van der Waals surface area contributed by atoms with Gasteiger partial charge in [0, 0.05) is 6.20 Å². The number of esters is 1. The van der Waals surface area contributed by atoms with Gasteiger partial charge in [0.15, 0.2) is 0 Å². The molecule has 10 heteroatoms. The number of carbonyl (C=O) groups is 1. The second-order valence-corrected chi connectivity index (χ2v) is 10.1. The van der Waals surface area contributed by atoms with E-state index in [0.717, 1.165) is 39.7 Å². The van der Waals surface area contributed by atoms with Crippen LogP contribution in [0.4, 0.5) is 19.0 Å². The van der Waals surface area contributed by atoms with E-state index in [1.54, 1.807) is 55.5 Å². The smallest absolute Gasteiger partial charge is 0.416 e. The van der Waals surface area contributed by atoms with E-state index in [9.17, 15) is 26.4 Å². The molecule has 0 unspecified atom stereocenters. The summed E-state index contributed by atoms with van der Waals surface area (Å²) in [5, 5.41) is 0. The van der Waals surface area contributed by atoms with Gasteiger partial charge in [0.25, 0.3) is 10.0 Å². The number of alkyl halides is 3. The molecule has 0 radical (unpaired) electrons. The summed E-state index contributed by atoms with van der Waals surface area (Å²) in [5.74, 6) is -0.274. The van der Waals surface area contributed by atoms with Crippen molar-refractivity contribution in [2.75, 3.05) is 10.9 Å². The van der Waals surface area contributed by atoms with Gasteiger partial charge in [0.1, 0.15) is 5.82 Å². The van der Waals surface area contributed by atoms with Crippen LogP contribution in [0.1, 0.15) is 28.4 Å². The highest BCUT2D eigenvalue weighted by Crippen LogP contribution is 2.31. The highest BCUT2D eigenvalue weighted by atomic mass is 32.2. The molecule has 4 aromatic rings. The number of hydrogen-bond acceptors (Lipinski definition) is 5. The van der Waals surface area contributed by atoms with Crippen LogP contribution in [-0.2, 0) is 27.5 Å². The lowest BCUT2D eigenvalue weighted by atomic mass is 10.0. The van der Waals surface area contributed by atoms with E-state index in [4.69, 9.17) is 4.74 Å². The highest BCUT2D eigenvalue weighted by Gasteiger charge is 2.32. The van der Waals surface area contributed by atoms with Crippen LogP contribution in [0, 0.1) is 0 Å². The maximum Gasteiger partial charge on any atom is 0.416 e. The van der Waals surface area contributed by atoms with Crippen LogP contribution in [0.2, 0.25) is 0 Å². The largest absolute Gasteiger partial charge is 0.462 e. The summed E-state index contributed by atoms with van der Waals surface area (Å²) in [5.41, 5.74) is 1.83. The van der Waals surface area contributed by atoms with Gasteiger partial charge < -0.3 is 4.74 Å². The zero-order chi connectivity index (χ0) is 27.3.